The van der Waals surface area contributed by atoms with Crippen LogP contribution in [-0.4, -0.2) is 36.1 Å². The van der Waals surface area contributed by atoms with E-state index < -0.39 is 0 Å². The van der Waals surface area contributed by atoms with Gasteiger partial charge in [-0.05, 0) is 107 Å². The van der Waals surface area contributed by atoms with Gasteiger partial charge in [0.1, 0.15) is 5.82 Å². The van der Waals surface area contributed by atoms with Gasteiger partial charge in [0, 0.05) is 23.1 Å². The van der Waals surface area contributed by atoms with Crippen LogP contribution < -0.4 is 5.32 Å². The number of hydrogen-bond donors (Lipinski definition) is 1. The molecule has 4 rings (SSSR count). The van der Waals surface area contributed by atoms with Crippen LogP contribution in [0.4, 0.5) is 10.1 Å². The number of likely N-dealkylation sites (tertiary alicyclic amines) is 1. The Balaban J connectivity index is 1.46. The largest absolute Gasteiger partial charge is 0.374 e. The monoisotopic (exact) mass is 417 g/mol. The number of fused-ring (bicyclic) bond motifs is 1. The lowest BCUT2D eigenvalue weighted by atomic mass is 9.90. The zero-order valence-corrected chi connectivity index (χ0v) is 18.6. The van der Waals surface area contributed by atoms with Crippen molar-refractivity contribution in [3.05, 3.63) is 65.6 Å². The molecule has 0 spiro atoms. The molecule has 1 aromatic heterocycles. The molecule has 1 N–H and O–H groups in total. The lowest BCUT2D eigenvalue weighted by molar-refractivity contribution is 0.212. The molecule has 1 saturated heterocycles. The molecule has 0 bridgehead atoms. The van der Waals surface area contributed by atoms with Gasteiger partial charge in [-0.2, -0.15) is 0 Å². The number of aromatic nitrogens is 1. The normalized spacial score (nSPS) is 15.1. The van der Waals surface area contributed by atoms with Gasteiger partial charge in [0.15, 0.2) is 0 Å². The van der Waals surface area contributed by atoms with Crippen LogP contribution in [-0.2, 0) is 13.0 Å². The highest BCUT2D eigenvalue weighted by Gasteiger charge is 2.17. The molecular formula is C27H32FN3. The van der Waals surface area contributed by atoms with Crippen molar-refractivity contribution in [1.82, 2.24) is 9.47 Å². The Morgan fingerprint density at radius 2 is 1.87 bits per heavy atom. The van der Waals surface area contributed by atoms with Gasteiger partial charge in [0.25, 0.3) is 0 Å². The maximum Gasteiger partial charge on any atom is 0.123 e. The standard InChI is InChI=1S/C27H32FN3/c1-3-31-25(7-5-17-29-24-13-11-23(28)12-14-24)20-26-22(6-4-8-27(26)31)10-9-21-15-18-30(2)19-16-21/h4,6,8,11-14,20-21,29H,3,9-10,15-19H2,1-2H3. The molecule has 2 aromatic carbocycles. The van der Waals surface area contributed by atoms with Crippen LogP contribution in [0, 0.1) is 23.6 Å². The molecule has 1 fully saturated rings. The minimum Gasteiger partial charge on any atom is -0.374 e. The van der Waals surface area contributed by atoms with Gasteiger partial charge in [0.05, 0.1) is 12.2 Å². The summed E-state index contributed by atoms with van der Waals surface area (Å²) in [6, 6.07) is 15.3. The van der Waals surface area contributed by atoms with Crippen molar-refractivity contribution in [3.8, 4) is 11.8 Å². The Hall–Kier alpha value is -2.77. The summed E-state index contributed by atoms with van der Waals surface area (Å²) in [5, 5.41) is 4.57. The van der Waals surface area contributed by atoms with Crippen LogP contribution in [0.1, 0.15) is 37.4 Å². The third-order valence-corrected chi connectivity index (χ3v) is 6.45. The molecular weight excluding hydrogens is 385 g/mol. The highest BCUT2D eigenvalue weighted by atomic mass is 19.1. The van der Waals surface area contributed by atoms with Crippen LogP contribution in [0.2, 0.25) is 0 Å². The Morgan fingerprint density at radius 3 is 2.61 bits per heavy atom. The molecule has 0 saturated carbocycles. The number of halogens is 1. The Morgan fingerprint density at radius 1 is 1.10 bits per heavy atom. The van der Waals surface area contributed by atoms with Gasteiger partial charge in [-0.25, -0.2) is 4.39 Å². The average molecular weight is 418 g/mol. The van der Waals surface area contributed by atoms with Crippen molar-refractivity contribution in [2.24, 2.45) is 5.92 Å². The van der Waals surface area contributed by atoms with Gasteiger partial charge >= 0.3 is 0 Å². The fourth-order valence-electron chi connectivity index (χ4n) is 4.57. The number of aryl methyl sites for hydroxylation is 2. The second-order valence-electron chi connectivity index (χ2n) is 8.57. The van der Waals surface area contributed by atoms with Crippen LogP contribution in [0.25, 0.3) is 10.9 Å². The number of hydrogen-bond acceptors (Lipinski definition) is 2. The first-order valence-corrected chi connectivity index (χ1v) is 11.4. The number of benzene rings is 2. The van der Waals surface area contributed by atoms with Crippen molar-refractivity contribution in [2.45, 2.75) is 39.2 Å². The van der Waals surface area contributed by atoms with E-state index >= 15 is 0 Å². The summed E-state index contributed by atoms with van der Waals surface area (Å²) in [5.41, 5.74) is 4.66. The predicted molar refractivity (Wildman–Crippen MR) is 128 cm³/mol. The van der Waals surface area contributed by atoms with Crippen molar-refractivity contribution in [1.29, 1.82) is 0 Å². The van der Waals surface area contributed by atoms with Gasteiger partial charge in [-0.3, -0.25) is 0 Å². The molecule has 162 valence electrons. The molecule has 4 heteroatoms. The zero-order chi connectivity index (χ0) is 21.6. The number of nitrogens with one attached hydrogen (secondary N) is 1. The average Bonchev–Trinajstić information content (AvgIpc) is 3.15. The Bertz CT molecular complexity index is 1060. The van der Waals surface area contributed by atoms with Crippen LogP contribution in [0.15, 0.2) is 48.5 Å². The molecule has 1 aliphatic heterocycles. The van der Waals surface area contributed by atoms with Gasteiger partial charge in [-0.1, -0.05) is 18.1 Å². The summed E-state index contributed by atoms with van der Waals surface area (Å²) < 4.78 is 15.3. The van der Waals surface area contributed by atoms with E-state index in [1.165, 1.54) is 61.0 Å². The third-order valence-electron chi connectivity index (χ3n) is 6.45. The first kappa shape index (κ1) is 21.5. The minimum atomic E-state index is -0.226. The topological polar surface area (TPSA) is 20.2 Å². The SMILES string of the molecule is CCn1c(C#CCNc2ccc(F)cc2)cc2c(CCC3CCN(C)CC3)cccc21. The maximum absolute atomic E-state index is 13.0. The van der Waals surface area contributed by atoms with Gasteiger partial charge < -0.3 is 14.8 Å². The fraction of sp³-hybridized carbons (Fsp3) is 0.407. The van der Waals surface area contributed by atoms with Crippen LogP contribution in [0.5, 0.6) is 0 Å². The number of rotatable bonds is 6. The summed E-state index contributed by atoms with van der Waals surface area (Å²) in [6.07, 6.45) is 5.05. The highest BCUT2D eigenvalue weighted by Crippen LogP contribution is 2.27. The Labute approximate surface area is 185 Å². The van der Waals surface area contributed by atoms with Crippen molar-refractivity contribution >= 4 is 16.6 Å². The van der Waals surface area contributed by atoms with Crippen molar-refractivity contribution in [2.75, 3.05) is 32.0 Å². The van der Waals surface area contributed by atoms with E-state index in [0.717, 1.165) is 30.3 Å². The van der Waals surface area contributed by atoms with E-state index in [1.807, 2.05) is 0 Å². The van der Waals surface area contributed by atoms with E-state index in [-0.39, 0.29) is 5.82 Å². The minimum absolute atomic E-state index is 0.226. The molecule has 1 aliphatic rings. The zero-order valence-electron chi connectivity index (χ0n) is 18.6. The van der Waals surface area contributed by atoms with Crippen LogP contribution in [0.3, 0.4) is 0 Å². The van der Waals surface area contributed by atoms with E-state index in [2.05, 4.69) is 64.9 Å². The summed E-state index contributed by atoms with van der Waals surface area (Å²) in [4.78, 5) is 2.44. The van der Waals surface area contributed by atoms with Crippen LogP contribution >= 0.6 is 0 Å². The highest BCUT2D eigenvalue weighted by molar-refractivity contribution is 5.86. The number of nitrogens with zero attached hydrogens (tertiary/aromatic N) is 2. The summed E-state index contributed by atoms with van der Waals surface area (Å²) in [7, 11) is 2.22. The maximum atomic E-state index is 13.0. The van der Waals surface area contributed by atoms with E-state index in [0.29, 0.717) is 6.54 Å². The molecule has 0 radical (unpaired) electrons. The number of piperidine rings is 1. The van der Waals surface area contributed by atoms with E-state index in [4.69, 9.17) is 0 Å². The van der Waals surface area contributed by atoms with Gasteiger partial charge in [-0.15, -0.1) is 0 Å². The smallest absolute Gasteiger partial charge is 0.123 e. The molecule has 2 heterocycles. The summed E-state index contributed by atoms with van der Waals surface area (Å²) in [6.45, 7) is 6.06. The van der Waals surface area contributed by atoms with Crippen molar-refractivity contribution < 1.29 is 4.39 Å². The lowest BCUT2D eigenvalue weighted by Crippen LogP contribution is -2.30. The molecule has 3 nitrogen and oxygen atoms in total. The van der Waals surface area contributed by atoms with E-state index in [9.17, 15) is 4.39 Å². The molecule has 3 aromatic rings. The fourth-order valence-corrected chi connectivity index (χ4v) is 4.57. The first-order chi connectivity index (χ1) is 15.1. The number of anilines is 1. The first-order valence-electron chi connectivity index (χ1n) is 11.4. The van der Waals surface area contributed by atoms with Crippen molar-refractivity contribution in [3.63, 3.8) is 0 Å². The predicted octanol–water partition coefficient (Wildman–Crippen LogP) is 5.54. The van der Waals surface area contributed by atoms with Gasteiger partial charge in [0.2, 0.25) is 0 Å². The molecule has 31 heavy (non-hydrogen) atoms. The quantitative estimate of drug-likeness (QED) is 0.532. The Kier molecular flexibility index (Phi) is 6.94. The molecule has 0 amide bonds. The second kappa shape index (κ2) is 10.0. The molecule has 0 unspecified atom stereocenters. The van der Waals surface area contributed by atoms with E-state index in [1.54, 1.807) is 12.1 Å². The molecule has 0 aliphatic carbocycles. The lowest BCUT2D eigenvalue weighted by Gasteiger charge is -2.28. The summed E-state index contributed by atoms with van der Waals surface area (Å²) >= 11 is 0. The third kappa shape index (κ3) is 5.29. The second-order valence-corrected chi connectivity index (χ2v) is 8.57. The molecule has 0 atom stereocenters. The summed E-state index contributed by atoms with van der Waals surface area (Å²) in [5.74, 6) is 7.19.